The third kappa shape index (κ3) is 25.1. The number of H-pyrrole nitrogens is 1. The summed E-state index contributed by atoms with van der Waals surface area (Å²) < 4.78 is 105. The average molecular weight is 1850 g/mol. The Morgan fingerprint density at radius 3 is 1.05 bits per heavy atom. The van der Waals surface area contributed by atoms with E-state index in [0.717, 1.165) is 180 Å². The van der Waals surface area contributed by atoms with Crippen LogP contribution >= 0.6 is 0 Å². The third-order valence-corrected chi connectivity index (χ3v) is 25.8. The van der Waals surface area contributed by atoms with E-state index in [4.69, 9.17) is 23.7 Å². The van der Waals surface area contributed by atoms with Gasteiger partial charge in [-0.3, -0.25) is 19.2 Å². The Balaban J connectivity index is 0.000000125. The molecule has 5 aromatic heterocycles. The Bertz CT molecular complexity index is 6080. The van der Waals surface area contributed by atoms with Crippen molar-refractivity contribution in [3.8, 4) is 5.88 Å². The number of piperidine rings is 5. The van der Waals surface area contributed by atoms with Crippen LogP contribution < -0.4 is 32.3 Å². The zero-order valence-electron chi connectivity index (χ0n) is 79.3. The molecule has 24 nitrogen and oxygen atoms in total. The minimum atomic E-state index is -0.563. The van der Waals surface area contributed by atoms with Crippen LogP contribution in [-0.4, -0.2) is 173 Å². The zero-order valence-corrected chi connectivity index (χ0v) is 79.3. The fourth-order valence-electron chi connectivity index (χ4n) is 18.4. The first-order valence-electron chi connectivity index (χ1n) is 48.0. The van der Waals surface area contributed by atoms with Crippen LogP contribution in [0.3, 0.4) is 0 Å². The standard InChI is InChI=1S/3C22H27FN2O3.C17H19FN2O.C12H10FNO.C10H19NO3/c1-22(2,3)28-21(26)25-10-4-5-17(13-25)27-20-19-15(8-9-24-20)11-16(12-18(19)23)14-6-7-14;2*1-22(2,3)28-21(27)24-9-4-5-17(13-24)25-10-8-15-11-16(14-6-7-14)12-18(23)19(15)20(25)26;18-15-9-13(11-3-4-11)8-12-5-7-20(17(21)16(12)15)14-2-1-6-19-10-14;13-10-6-9(7-1-2-7)5-8-3-4-14-12(15)11(8)10;1-10(2,3)14-9(13)11-6-4-5-8(12)7-11/h8-9,11-12,14,17H,4-7,10,13H2,1-3H3;2*8,10-12,14,17H,4-7,9,13H2,1-3H3;5,7-9,11,14,19H,1-4,6,10H2;3-7H,1-2H2,(H,14,15);8,12H,4-7H2,1-3H3/t3*17-;14-;;8-/m1111.0/s1. The van der Waals surface area contributed by atoms with Gasteiger partial charge < -0.3 is 72.4 Å². The summed E-state index contributed by atoms with van der Waals surface area (Å²) in [6.45, 7) is 28.0. The number of hydrogen-bond acceptors (Lipinski definition) is 16. The number of hydrogen-bond donors (Lipinski definition) is 3. The number of amides is 4. The highest BCUT2D eigenvalue weighted by atomic mass is 19.1. The number of rotatable bonds is 10. The molecule has 134 heavy (non-hydrogen) atoms. The first-order valence-corrected chi connectivity index (χ1v) is 48.0. The molecule has 0 radical (unpaired) electrons. The van der Waals surface area contributed by atoms with Gasteiger partial charge in [0.25, 0.3) is 22.2 Å². The zero-order chi connectivity index (χ0) is 95.6. The van der Waals surface area contributed by atoms with E-state index < -0.39 is 46.0 Å². The van der Waals surface area contributed by atoms with Gasteiger partial charge >= 0.3 is 24.4 Å². The second-order valence-electron chi connectivity index (χ2n) is 41.8. The second kappa shape index (κ2) is 40.8. The van der Waals surface area contributed by atoms with Gasteiger partial charge in [0.2, 0.25) is 5.88 Å². The van der Waals surface area contributed by atoms with Crippen molar-refractivity contribution in [2.45, 2.75) is 294 Å². The predicted molar refractivity (Wildman–Crippen MR) is 508 cm³/mol. The van der Waals surface area contributed by atoms with E-state index in [-0.39, 0.29) is 104 Å². The second-order valence-corrected chi connectivity index (χ2v) is 41.8. The lowest BCUT2D eigenvalue weighted by Crippen LogP contribution is -2.46. The number of fused-ring (bicyclic) bond motifs is 5. The first kappa shape index (κ1) is 97.3. The number of halogens is 5. The molecule has 3 N–H and O–H groups in total. The predicted octanol–water partition coefficient (Wildman–Crippen LogP) is 21.1. The molecule has 5 atom stereocenters. The monoisotopic (exact) mass is 1850 g/mol. The van der Waals surface area contributed by atoms with Crippen molar-refractivity contribution in [2.24, 2.45) is 0 Å². The van der Waals surface area contributed by atoms with Crippen molar-refractivity contribution >= 4 is 78.2 Å². The van der Waals surface area contributed by atoms with Crippen LogP contribution in [0.25, 0.3) is 53.9 Å². The van der Waals surface area contributed by atoms with E-state index in [1.807, 2.05) is 144 Å². The molecule has 10 fully saturated rings. The molecular formula is C105H129F5N10O14. The molecule has 5 aromatic carbocycles. The summed E-state index contributed by atoms with van der Waals surface area (Å²) in [5.41, 5.74) is 1.75. The fraction of sp³-hybridized carbons (Fsp3) is 0.533. The molecule has 4 amide bonds. The molecule has 5 saturated heterocycles. The number of carbonyl (C=O) groups is 4. The quantitative estimate of drug-likeness (QED) is 0.0848. The summed E-state index contributed by atoms with van der Waals surface area (Å²) in [6, 6.07) is 26.4. The van der Waals surface area contributed by atoms with E-state index >= 15 is 0 Å². The van der Waals surface area contributed by atoms with Gasteiger partial charge in [-0.15, -0.1) is 0 Å². The topological polar surface area (TPSA) is 271 Å². The maximum atomic E-state index is 14.8. The minimum absolute atomic E-state index is 0.137. The lowest BCUT2D eigenvalue weighted by Gasteiger charge is -2.35. The van der Waals surface area contributed by atoms with Gasteiger partial charge in [-0.05, 0) is 363 Å². The molecule has 10 aromatic rings. The number of ether oxygens (including phenoxy) is 5. The van der Waals surface area contributed by atoms with Crippen LogP contribution in [0.2, 0.25) is 0 Å². The van der Waals surface area contributed by atoms with Crippen molar-refractivity contribution in [2.75, 3.05) is 65.4 Å². The number of aliphatic hydroxyl groups excluding tert-OH is 1. The van der Waals surface area contributed by atoms with Crippen LogP contribution in [0.1, 0.15) is 287 Å². The van der Waals surface area contributed by atoms with Crippen LogP contribution in [0.5, 0.6) is 5.88 Å². The number of nitrogens with one attached hydrogen (secondary N) is 2. The SMILES string of the molecule is CC(C)(C)OC(=O)N1CCC[C@@H](Oc2nccc3cc(C4CC4)cc(F)c23)C1.CC(C)(C)OC(=O)N1CCC[C@@H](n2ccc3cc(C4CC4)cc(F)c3c2=O)C1.CC(C)(C)OC(=O)N1CCC[C@@H](n2ccc3cc(C4CC4)cc(F)c3c2=O)C1.CC(C)(C)OC(=O)N1CCC[C@H](O)C1.O=c1[nH]ccc2cc(C3CC3)cc(F)c12.O=c1c2c(F)cc(C3CC3)cc2ccn1[C@@H]1CCCNC1. The highest BCUT2D eigenvalue weighted by molar-refractivity contribution is 5.89. The lowest BCUT2D eigenvalue weighted by atomic mass is 10.0. The number of benzene rings is 5. The molecule has 0 spiro atoms. The average Bonchev–Trinajstić information content (AvgIpc) is 1.74. The number of likely N-dealkylation sites (tertiary alicyclic amines) is 4. The van der Waals surface area contributed by atoms with Crippen molar-refractivity contribution in [1.29, 1.82) is 0 Å². The van der Waals surface area contributed by atoms with Gasteiger partial charge in [0.1, 0.15) is 57.6 Å². The van der Waals surface area contributed by atoms with Crippen molar-refractivity contribution in [1.82, 2.24) is 48.6 Å². The van der Waals surface area contributed by atoms with Crippen molar-refractivity contribution in [3.63, 3.8) is 0 Å². The molecule has 10 aliphatic rings. The molecule has 10 heterocycles. The Hall–Kier alpha value is -11.2. The number of aromatic amines is 1. The highest BCUT2D eigenvalue weighted by Crippen LogP contribution is 2.46. The number of pyridine rings is 5. The largest absolute Gasteiger partial charge is 0.472 e. The summed E-state index contributed by atoms with van der Waals surface area (Å²) in [4.78, 5) is 112. The highest BCUT2D eigenvalue weighted by Gasteiger charge is 2.37. The van der Waals surface area contributed by atoms with E-state index in [9.17, 15) is 65.4 Å². The van der Waals surface area contributed by atoms with Crippen molar-refractivity contribution in [3.05, 3.63) is 220 Å². The van der Waals surface area contributed by atoms with Crippen molar-refractivity contribution < 1.29 is 69.9 Å². The number of β-amino-alcohol motifs (C(OH)–C–C–N with tert-alkyl or cyclic N) is 1. The van der Waals surface area contributed by atoms with Crippen LogP contribution in [0.15, 0.2) is 141 Å². The summed E-state index contributed by atoms with van der Waals surface area (Å²) in [5, 5.41) is 17.3. The van der Waals surface area contributed by atoms with E-state index in [1.165, 1.54) is 18.2 Å². The Kier molecular flexibility index (Phi) is 29.6. The number of carbonyl (C=O) groups excluding carboxylic acids is 4. The van der Waals surface area contributed by atoms with Crippen LogP contribution in [0.4, 0.5) is 41.1 Å². The Morgan fingerprint density at radius 2 is 0.694 bits per heavy atom. The normalized spacial score (nSPS) is 20.5. The van der Waals surface area contributed by atoms with E-state index in [0.29, 0.717) is 109 Å². The molecule has 20 rings (SSSR count). The smallest absolute Gasteiger partial charge is 0.410 e. The third-order valence-electron chi connectivity index (χ3n) is 25.8. The van der Waals surface area contributed by atoms with E-state index in [2.05, 4.69) is 15.3 Å². The maximum Gasteiger partial charge on any atom is 0.410 e. The van der Waals surface area contributed by atoms with Gasteiger partial charge in [0, 0.05) is 89.4 Å². The molecule has 0 bridgehead atoms. The molecule has 5 saturated carbocycles. The molecule has 5 aliphatic carbocycles. The van der Waals surface area contributed by atoms with Gasteiger partial charge in [-0.1, -0.05) is 30.3 Å². The summed E-state index contributed by atoms with van der Waals surface area (Å²) in [7, 11) is 0. The molecule has 0 unspecified atom stereocenters. The summed E-state index contributed by atoms with van der Waals surface area (Å²) >= 11 is 0. The maximum absolute atomic E-state index is 14.8. The van der Waals surface area contributed by atoms with Crippen LogP contribution in [-0.2, 0) is 18.9 Å². The molecular weight excluding hydrogens is 1720 g/mol. The van der Waals surface area contributed by atoms with Gasteiger partial charge in [-0.2, -0.15) is 0 Å². The molecule has 29 heteroatoms. The lowest BCUT2D eigenvalue weighted by molar-refractivity contribution is 0.00378. The molecule has 5 aliphatic heterocycles. The summed E-state index contributed by atoms with van der Waals surface area (Å²) in [6.07, 6.45) is 26.0. The Labute approximate surface area is 778 Å². The Morgan fingerprint density at radius 1 is 0.373 bits per heavy atom. The number of aliphatic hydroxyl groups is 1. The first-order chi connectivity index (χ1) is 63.6. The summed E-state index contributed by atoms with van der Waals surface area (Å²) in [5.74, 6) is 0.694. The fourth-order valence-corrected chi connectivity index (χ4v) is 18.4. The van der Waals surface area contributed by atoms with Gasteiger partial charge in [-0.25, -0.2) is 46.1 Å². The molecule has 718 valence electrons. The van der Waals surface area contributed by atoms with Gasteiger partial charge in [0.15, 0.2) is 0 Å². The van der Waals surface area contributed by atoms with E-state index in [1.54, 1.807) is 76.3 Å². The van der Waals surface area contributed by atoms with Crippen LogP contribution in [0, 0.1) is 29.1 Å². The number of nitrogens with zero attached hydrogens (tertiary/aromatic N) is 8. The number of aromatic nitrogens is 5. The minimum Gasteiger partial charge on any atom is -0.472 e. The van der Waals surface area contributed by atoms with Gasteiger partial charge in [0.05, 0.1) is 51.7 Å².